The van der Waals surface area contributed by atoms with E-state index in [9.17, 15) is 13.2 Å². The predicted molar refractivity (Wildman–Crippen MR) is 99.9 cm³/mol. The Morgan fingerprint density at radius 1 is 1.14 bits per heavy atom. The number of benzene rings is 1. The number of nitrogens with zero attached hydrogens (tertiary/aromatic N) is 1. The highest BCUT2D eigenvalue weighted by molar-refractivity contribution is 5.85. The van der Waals surface area contributed by atoms with E-state index in [-0.39, 0.29) is 17.1 Å². The number of fused-ring (bicyclic) bond motifs is 2. The van der Waals surface area contributed by atoms with Crippen molar-refractivity contribution in [2.75, 3.05) is 13.2 Å². The van der Waals surface area contributed by atoms with E-state index in [1.807, 2.05) is 0 Å². The van der Waals surface area contributed by atoms with Crippen LogP contribution in [0.4, 0.5) is 13.2 Å². The molecule has 0 saturated carbocycles. The fraction of sp³-hybridized carbons (Fsp3) is 0.381. The molecule has 2 aromatic heterocycles. The number of ether oxygens (including phenoxy) is 1. The minimum atomic E-state index is -4.41. The molecule has 3 aromatic rings. The Morgan fingerprint density at radius 3 is 2.82 bits per heavy atom. The Morgan fingerprint density at radius 2 is 2.04 bits per heavy atom. The zero-order valence-electron chi connectivity index (χ0n) is 15.2. The summed E-state index contributed by atoms with van der Waals surface area (Å²) >= 11 is 0. The molecule has 0 bridgehead atoms. The quantitative estimate of drug-likeness (QED) is 0.667. The lowest BCUT2D eigenvalue weighted by atomic mass is 9.88. The number of aromatic amines is 1. The van der Waals surface area contributed by atoms with Crippen molar-refractivity contribution >= 4 is 11.0 Å². The maximum absolute atomic E-state index is 13.3. The topological polar surface area (TPSA) is 49.9 Å². The highest BCUT2D eigenvalue weighted by Gasteiger charge is 2.34. The average molecular weight is 387 g/mol. The second-order valence-electron chi connectivity index (χ2n) is 7.47. The van der Waals surface area contributed by atoms with Crippen LogP contribution in [0, 0.1) is 0 Å². The summed E-state index contributed by atoms with van der Waals surface area (Å²) in [7, 11) is 0. The van der Waals surface area contributed by atoms with Crippen molar-refractivity contribution in [2.24, 2.45) is 0 Å². The second kappa shape index (κ2) is 6.60. The first-order chi connectivity index (χ1) is 13.5. The van der Waals surface area contributed by atoms with Gasteiger partial charge in [-0.25, -0.2) is 4.98 Å². The molecule has 2 aliphatic heterocycles. The summed E-state index contributed by atoms with van der Waals surface area (Å²) in [5, 5.41) is 3.63. The van der Waals surface area contributed by atoms with Crippen LogP contribution in [0.3, 0.4) is 0 Å². The summed E-state index contributed by atoms with van der Waals surface area (Å²) in [6.07, 6.45) is 1.21. The first-order valence-electron chi connectivity index (χ1n) is 9.52. The van der Waals surface area contributed by atoms with E-state index < -0.39 is 11.7 Å². The third-order valence-corrected chi connectivity index (χ3v) is 5.74. The molecule has 0 amide bonds. The van der Waals surface area contributed by atoms with Gasteiger partial charge in [-0.2, -0.15) is 13.2 Å². The number of halogens is 3. The van der Waals surface area contributed by atoms with Crippen LogP contribution in [0.1, 0.15) is 41.1 Å². The van der Waals surface area contributed by atoms with Gasteiger partial charge in [-0.3, -0.25) is 0 Å². The van der Waals surface area contributed by atoms with Crippen molar-refractivity contribution in [2.45, 2.75) is 38.1 Å². The van der Waals surface area contributed by atoms with Crippen LogP contribution >= 0.6 is 0 Å². The Labute approximate surface area is 160 Å². The molecule has 0 aliphatic carbocycles. The fourth-order valence-electron chi connectivity index (χ4n) is 4.34. The Balaban J connectivity index is 1.65. The SMILES string of the molecule is FC(F)(F)c1c[nH]c2ncc(-c3cc4c(c(C5CCCN5)c3)COCC4)cc12. The molecular formula is C21H20F3N3O. The van der Waals surface area contributed by atoms with Gasteiger partial charge in [-0.05, 0) is 60.2 Å². The normalized spacial score (nSPS) is 19.9. The van der Waals surface area contributed by atoms with Crippen LogP contribution in [-0.2, 0) is 23.9 Å². The molecule has 4 heterocycles. The second-order valence-corrected chi connectivity index (χ2v) is 7.47. The molecule has 28 heavy (non-hydrogen) atoms. The highest BCUT2D eigenvalue weighted by Crippen LogP contribution is 2.38. The van der Waals surface area contributed by atoms with Crippen molar-refractivity contribution in [1.29, 1.82) is 0 Å². The molecule has 7 heteroatoms. The fourth-order valence-corrected chi connectivity index (χ4v) is 4.34. The van der Waals surface area contributed by atoms with Crippen LogP contribution in [0.2, 0.25) is 0 Å². The third kappa shape index (κ3) is 2.99. The number of rotatable bonds is 2. The minimum Gasteiger partial charge on any atom is -0.376 e. The molecule has 0 radical (unpaired) electrons. The van der Waals surface area contributed by atoms with Crippen LogP contribution in [0.5, 0.6) is 0 Å². The number of alkyl halides is 3. The molecule has 4 nitrogen and oxygen atoms in total. The van der Waals surface area contributed by atoms with Crippen molar-refractivity contribution in [3.8, 4) is 11.1 Å². The molecule has 1 aromatic carbocycles. The number of aromatic nitrogens is 2. The van der Waals surface area contributed by atoms with E-state index in [0.29, 0.717) is 18.8 Å². The first kappa shape index (κ1) is 17.7. The number of H-pyrrole nitrogens is 1. The van der Waals surface area contributed by atoms with E-state index in [2.05, 4.69) is 27.4 Å². The molecule has 0 spiro atoms. The molecule has 2 N–H and O–H groups in total. The summed E-state index contributed by atoms with van der Waals surface area (Å²) < 4.78 is 45.6. The lowest BCUT2D eigenvalue weighted by Crippen LogP contribution is -2.19. The van der Waals surface area contributed by atoms with Gasteiger partial charge in [0.25, 0.3) is 0 Å². The maximum Gasteiger partial charge on any atom is 0.418 e. The van der Waals surface area contributed by atoms with E-state index >= 15 is 0 Å². The zero-order chi connectivity index (χ0) is 19.3. The summed E-state index contributed by atoms with van der Waals surface area (Å²) in [6, 6.07) is 6.04. The Hall–Kier alpha value is -2.38. The number of hydrogen-bond acceptors (Lipinski definition) is 3. The Kier molecular flexibility index (Phi) is 4.17. The van der Waals surface area contributed by atoms with E-state index in [1.54, 1.807) is 12.3 Å². The van der Waals surface area contributed by atoms with Crippen molar-refractivity contribution in [1.82, 2.24) is 15.3 Å². The van der Waals surface area contributed by atoms with Crippen molar-refractivity contribution in [3.05, 3.63) is 52.8 Å². The molecule has 1 atom stereocenters. The van der Waals surface area contributed by atoms with Gasteiger partial charge in [0.2, 0.25) is 0 Å². The van der Waals surface area contributed by atoms with Crippen LogP contribution in [0.15, 0.2) is 30.6 Å². The molecular weight excluding hydrogens is 367 g/mol. The summed E-state index contributed by atoms with van der Waals surface area (Å²) in [6.45, 7) is 2.24. The van der Waals surface area contributed by atoms with Gasteiger partial charge in [-0.1, -0.05) is 6.07 Å². The monoisotopic (exact) mass is 387 g/mol. The first-order valence-corrected chi connectivity index (χ1v) is 9.52. The molecule has 1 unspecified atom stereocenters. The standard InChI is InChI=1S/C21H20F3N3O/c22-21(23,24)18-10-27-20-16(18)8-14(9-26-20)13-6-12-3-5-28-11-17(12)15(7-13)19-2-1-4-25-19/h6-10,19,25H,1-5,11H2,(H,26,27). The minimum absolute atomic E-state index is 0.103. The van der Waals surface area contributed by atoms with E-state index in [0.717, 1.165) is 37.6 Å². The van der Waals surface area contributed by atoms with Gasteiger partial charge in [0, 0.05) is 29.4 Å². The van der Waals surface area contributed by atoms with Gasteiger partial charge in [0.1, 0.15) is 5.65 Å². The molecule has 1 fully saturated rings. The molecule has 1 saturated heterocycles. The summed E-state index contributed by atoms with van der Waals surface area (Å²) in [5.41, 5.74) is 4.83. The third-order valence-electron chi connectivity index (χ3n) is 5.74. The predicted octanol–water partition coefficient (Wildman–Crippen LogP) is 4.75. The van der Waals surface area contributed by atoms with Gasteiger partial charge < -0.3 is 15.0 Å². The number of nitrogens with one attached hydrogen (secondary N) is 2. The number of pyridine rings is 1. The van der Waals surface area contributed by atoms with Crippen LogP contribution in [0.25, 0.3) is 22.2 Å². The molecule has 2 aliphatic rings. The van der Waals surface area contributed by atoms with Gasteiger partial charge in [0.15, 0.2) is 0 Å². The summed E-state index contributed by atoms with van der Waals surface area (Å²) in [5.74, 6) is 0. The largest absolute Gasteiger partial charge is 0.418 e. The smallest absolute Gasteiger partial charge is 0.376 e. The van der Waals surface area contributed by atoms with Gasteiger partial charge in [-0.15, -0.1) is 0 Å². The van der Waals surface area contributed by atoms with Crippen molar-refractivity contribution in [3.63, 3.8) is 0 Å². The number of hydrogen-bond donors (Lipinski definition) is 2. The lowest BCUT2D eigenvalue weighted by Gasteiger charge is -2.24. The maximum atomic E-state index is 13.3. The zero-order valence-corrected chi connectivity index (χ0v) is 15.2. The molecule has 5 rings (SSSR count). The van der Waals surface area contributed by atoms with Crippen LogP contribution in [-0.4, -0.2) is 23.1 Å². The molecule has 146 valence electrons. The van der Waals surface area contributed by atoms with E-state index in [4.69, 9.17) is 4.74 Å². The summed E-state index contributed by atoms with van der Waals surface area (Å²) in [4.78, 5) is 6.86. The lowest BCUT2D eigenvalue weighted by molar-refractivity contribution is -0.136. The van der Waals surface area contributed by atoms with E-state index in [1.165, 1.54) is 16.7 Å². The van der Waals surface area contributed by atoms with Crippen LogP contribution < -0.4 is 5.32 Å². The highest BCUT2D eigenvalue weighted by atomic mass is 19.4. The van der Waals surface area contributed by atoms with Crippen molar-refractivity contribution < 1.29 is 17.9 Å². The average Bonchev–Trinajstić information content (AvgIpc) is 3.36. The Bertz CT molecular complexity index is 1040. The van der Waals surface area contributed by atoms with Gasteiger partial charge >= 0.3 is 6.18 Å². The van der Waals surface area contributed by atoms with Gasteiger partial charge in [0.05, 0.1) is 18.8 Å².